The van der Waals surface area contributed by atoms with E-state index in [2.05, 4.69) is 25.6 Å². The zero-order valence-corrected chi connectivity index (χ0v) is 16.7. The predicted octanol–water partition coefficient (Wildman–Crippen LogP) is 3.69. The molecule has 0 bridgehead atoms. The number of hydrogen-bond donors (Lipinski definition) is 2. The van der Waals surface area contributed by atoms with Gasteiger partial charge in [-0.15, -0.1) is 21.5 Å². The van der Waals surface area contributed by atoms with Gasteiger partial charge in [0.25, 0.3) is 0 Å². The molecule has 1 unspecified atom stereocenters. The minimum Gasteiger partial charge on any atom is -0.478 e. The zero-order valence-electron chi connectivity index (χ0n) is 15.9. The van der Waals surface area contributed by atoms with E-state index in [1.165, 1.54) is 11.3 Å². The zero-order chi connectivity index (χ0) is 20.7. The summed E-state index contributed by atoms with van der Waals surface area (Å²) in [5.41, 5.74) is 3.42. The minimum absolute atomic E-state index is 0.250. The number of carboxylic acids is 1. The largest absolute Gasteiger partial charge is 0.478 e. The van der Waals surface area contributed by atoms with E-state index < -0.39 is 5.97 Å². The molecule has 9 heteroatoms. The first kappa shape index (κ1) is 18.2. The average molecular weight is 416 g/mol. The number of hydrogen-bond acceptors (Lipinski definition) is 6. The number of aryl methyl sites for hydroxylation is 1. The maximum absolute atomic E-state index is 12.4. The van der Waals surface area contributed by atoms with Gasteiger partial charge in [0.15, 0.2) is 0 Å². The van der Waals surface area contributed by atoms with Crippen molar-refractivity contribution in [3.05, 3.63) is 82.5 Å². The third-order valence-electron chi connectivity index (χ3n) is 5.17. The lowest BCUT2D eigenvalue weighted by atomic mass is 9.86. The molecular formula is C21H16N6O2S. The van der Waals surface area contributed by atoms with Gasteiger partial charge in [-0.2, -0.15) is 5.21 Å². The lowest BCUT2D eigenvalue weighted by Crippen LogP contribution is -2.13. The topological polar surface area (TPSA) is 110 Å². The molecule has 0 amide bonds. The van der Waals surface area contributed by atoms with E-state index in [-0.39, 0.29) is 11.5 Å². The standard InChI is InChI=1S/C21H16N6O2S/c1-27-17(16(21(28)29)14-8-5-10-22-20(14)27)15(12-6-3-2-4-7-12)13-9-11-30-18(13)19-23-25-26-24-19/h2-11,15H,1H3,(H,28,29)(H,23,24,25,26). The van der Waals surface area contributed by atoms with Crippen LogP contribution in [0.15, 0.2) is 60.1 Å². The summed E-state index contributed by atoms with van der Waals surface area (Å²) in [7, 11) is 1.85. The summed E-state index contributed by atoms with van der Waals surface area (Å²) in [5.74, 6) is -0.855. The molecule has 0 spiro atoms. The molecule has 0 aliphatic carbocycles. The van der Waals surface area contributed by atoms with Crippen LogP contribution in [0.1, 0.15) is 33.1 Å². The molecule has 0 aliphatic rings. The Morgan fingerprint density at radius 1 is 1.17 bits per heavy atom. The van der Waals surface area contributed by atoms with Gasteiger partial charge in [-0.05, 0) is 39.9 Å². The molecule has 148 valence electrons. The maximum Gasteiger partial charge on any atom is 0.338 e. The average Bonchev–Trinajstić information content (AvgIpc) is 3.50. The van der Waals surface area contributed by atoms with E-state index in [4.69, 9.17) is 0 Å². The van der Waals surface area contributed by atoms with Crippen LogP contribution < -0.4 is 0 Å². The van der Waals surface area contributed by atoms with E-state index >= 15 is 0 Å². The molecule has 30 heavy (non-hydrogen) atoms. The molecule has 0 saturated carbocycles. The highest BCUT2D eigenvalue weighted by Crippen LogP contribution is 2.42. The molecule has 8 nitrogen and oxygen atoms in total. The van der Waals surface area contributed by atoms with Crippen molar-refractivity contribution in [2.75, 3.05) is 0 Å². The van der Waals surface area contributed by atoms with Crippen LogP contribution in [-0.2, 0) is 7.05 Å². The molecule has 1 aromatic carbocycles. The number of thiophene rings is 1. The van der Waals surface area contributed by atoms with Crippen molar-refractivity contribution in [1.82, 2.24) is 30.2 Å². The summed E-state index contributed by atoms with van der Waals surface area (Å²) in [4.78, 5) is 17.7. The Morgan fingerprint density at radius 3 is 2.73 bits per heavy atom. The second-order valence-corrected chi connectivity index (χ2v) is 7.70. The summed E-state index contributed by atoms with van der Waals surface area (Å²) in [6.45, 7) is 0. The second kappa shape index (κ2) is 7.20. The summed E-state index contributed by atoms with van der Waals surface area (Å²) in [5, 5.41) is 27.2. The highest BCUT2D eigenvalue weighted by Gasteiger charge is 2.32. The first-order chi connectivity index (χ1) is 14.7. The Bertz CT molecular complexity index is 1340. The van der Waals surface area contributed by atoms with Gasteiger partial charge >= 0.3 is 5.97 Å². The molecule has 5 aromatic rings. The third-order valence-corrected chi connectivity index (χ3v) is 6.09. The van der Waals surface area contributed by atoms with Gasteiger partial charge in [0.2, 0.25) is 5.82 Å². The number of carboxylic acid groups (broad SMARTS) is 1. The number of carbonyl (C=O) groups is 1. The van der Waals surface area contributed by atoms with Gasteiger partial charge in [-0.3, -0.25) is 0 Å². The number of aromatic amines is 1. The van der Waals surface area contributed by atoms with Crippen LogP contribution in [0.4, 0.5) is 0 Å². The molecule has 4 heterocycles. The van der Waals surface area contributed by atoms with Crippen molar-refractivity contribution in [2.24, 2.45) is 7.05 Å². The van der Waals surface area contributed by atoms with E-state index in [0.717, 1.165) is 16.0 Å². The van der Waals surface area contributed by atoms with E-state index in [1.54, 1.807) is 18.3 Å². The summed E-state index contributed by atoms with van der Waals surface area (Å²) >= 11 is 1.49. The van der Waals surface area contributed by atoms with Crippen molar-refractivity contribution in [3.8, 4) is 10.7 Å². The number of nitrogens with one attached hydrogen (secondary N) is 1. The van der Waals surface area contributed by atoms with E-state index in [1.807, 2.05) is 53.4 Å². The number of nitrogens with zero attached hydrogens (tertiary/aromatic N) is 5. The van der Waals surface area contributed by atoms with Crippen molar-refractivity contribution < 1.29 is 9.90 Å². The van der Waals surface area contributed by atoms with Crippen molar-refractivity contribution in [3.63, 3.8) is 0 Å². The molecule has 2 N–H and O–H groups in total. The first-order valence-electron chi connectivity index (χ1n) is 9.19. The number of fused-ring (bicyclic) bond motifs is 1. The number of aromatic nitrogens is 6. The van der Waals surface area contributed by atoms with Gasteiger partial charge in [0.05, 0.1) is 16.4 Å². The molecule has 4 aromatic heterocycles. The fourth-order valence-electron chi connectivity index (χ4n) is 3.96. The van der Waals surface area contributed by atoms with E-state index in [0.29, 0.717) is 22.6 Å². The molecular weight excluding hydrogens is 400 g/mol. The van der Waals surface area contributed by atoms with Crippen LogP contribution in [-0.4, -0.2) is 41.3 Å². The van der Waals surface area contributed by atoms with Crippen LogP contribution in [0.3, 0.4) is 0 Å². The fourth-order valence-corrected chi connectivity index (χ4v) is 4.82. The fraction of sp³-hybridized carbons (Fsp3) is 0.0952. The van der Waals surface area contributed by atoms with Crippen LogP contribution >= 0.6 is 11.3 Å². The first-order valence-corrected chi connectivity index (χ1v) is 10.1. The van der Waals surface area contributed by atoms with Crippen LogP contribution in [0.25, 0.3) is 21.7 Å². The van der Waals surface area contributed by atoms with Gasteiger partial charge in [0, 0.05) is 24.3 Å². The highest BCUT2D eigenvalue weighted by atomic mass is 32.1. The molecule has 1 atom stereocenters. The Labute approximate surface area is 174 Å². The van der Waals surface area contributed by atoms with Gasteiger partial charge < -0.3 is 9.67 Å². The van der Waals surface area contributed by atoms with Crippen molar-refractivity contribution in [2.45, 2.75) is 5.92 Å². The number of benzene rings is 1. The highest BCUT2D eigenvalue weighted by molar-refractivity contribution is 7.13. The molecule has 5 rings (SSSR count). The lowest BCUT2D eigenvalue weighted by Gasteiger charge is -2.20. The predicted molar refractivity (Wildman–Crippen MR) is 113 cm³/mol. The number of tetrazole rings is 1. The number of pyridine rings is 1. The summed E-state index contributed by atoms with van der Waals surface area (Å²) in [6.07, 6.45) is 1.67. The SMILES string of the molecule is Cn1c(C(c2ccccc2)c2ccsc2-c2nn[nH]n2)c(C(=O)O)c2cccnc21. The lowest BCUT2D eigenvalue weighted by molar-refractivity contribution is 0.0697. The molecule has 0 fully saturated rings. The minimum atomic E-state index is -0.985. The van der Waals surface area contributed by atoms with Crippen LogP contribution in [0.5, 0.6) is 0 Å². The normalized spacial score (nSPS) is 12.3. The van der Waals surface area contributed by atoms with E-state index in [9.17, 15) is 9.90 Å². The van der Waals surface area contributed by atoms with Crippen molar-refractivity contribution in [1.29, 1.82) is 0 Å². The number of H-pyrrole nitrogens is 1. The second-order valence-electron chi connectivity index (χ2n) is 6.78. The van der Waals surface area contributed by atoms with Crippen LogP contribution in [0.2, 0.25) is 0 Å². The Morgan fingerprint density at radius 2 is 2.00 bits per heavy atom. The quantitative estimate of drug-likeness (QED) is 0.452. The number of rotatable bonds is 5. The Hall–Kier alpha value is -3.85. The Balaban J connectivity index is 1.85. The summed E-state index contributed by atoms with van der Waals surface area (Å²) < 4.78 is 1.87. The van der Waals surface area contributed by atoms with Gasteiger partial charge in [-0.1, -0.05) is 30.3 Å². The monoisotopic (exact) mass is 416 g/mol. The molecule has 0 saturated heterocycles. The maximum atomic E-state index is 12.4. The Kier molecular flexibility index (Phi) is 4.36. The molecule has 0 radical (unpaired) electrons. The van der Waals surface area contributed by atoms with Crippen LogP contribution in [0, 0.1) is 0 Å². The van der Waals surface area contributed by atoms with Gasteiger partial charge in [-0.25, -0.2) is 9.78 Å². The van der Waals surface area contributed by atoms with Gasteiger partial charge in [0.1, 0.15) is 5.65 Å². The summed E-state index contributed by atoms with van der Waals surface area (Å²) in [6, 6.07) is 15.4. The van der Waals surface area contributed by atoms with Crippen molar-refractivity contribution >= 4 is 28.3 Å². The third kappa shape index (κ3) is 2.79. The smallest absolute Gasteiger partial charge is 0.338 e. The molecule has 0 aliphatic heterocycles. The number of aromatic carboxylic acids is 1.